The van der Waals surface area contributed by atoms with Gasteiger partial charge in [0.2, 0.25) is 5.88 Å². The van der Waals surface area contributed by atoms with Crippen molar-refractivity contribution in [3.05, 3.63) is 17.8 Å². The van der Waals surface area contributed by atoms with E-state index in [4.69, 9.17) is 9.47 Å². The van der Waals surface area contributed by atoms with Crippen LogP contribution in [-0.4, -0.2) is 44.2 Å². The highest BCUT2D eigenvalue weighted by molar-refractivity contribution is 5.94. The van der Waals surface area contributed by atoms with E-state index in [1.807, 2.05) is 10.9 Å². The number of carboxylic acids is 1. The first kappa shape index (κ1) is 13.3. The number of hydrogen-bond donors (Lipinski definition) is 1. The van der Waals surface area contributed by atoms with Gasteiger partial charge in [0.25, 0.3) is 0 Å². The van der Waals surface area contributed by atoms with E-state index < -0.39 is 5.97 Å². The summed E-state index contributed by atoms with van der Waals surface area (Å²) in [6.07, 6.45) is 5.74. The van der Waals surface area contributed by atoms with Crippen molar-refractivity contribution in [2.45, 2.75) is 49.9 Å². The quantitative estimate of drug-likeness (QED) is 0.928. The smallest absolute Gasteiger partial charge is 0.341 e. The van der Waals surface area contributed by atoms with E-state index in [1.54, 1.807) is 6.07 Å². The van der Waals surface area contributed by atoms with E-state index in [9.17, 15) is 9.90 Å². The van der Waals surface area contributed by atoms with Gasteiger partial charge in [-0.2, -0.15) is 10.1 Å². The highest BCUT2D eigenvalue weighted by atomic mass is 16.5. The van der Waals surface area contributed by atoms with Crippen LogP contribution in [0.25, 0.3) is 11.0 Å². The van der Waals surface area contributed by atoms with Gasteiger partial charge in [-0.3, -0.25) is 4.68 Å². The summed E-state index contributed by atoms with van der Waals surface area (Å²) in [4.78, 5) is 15.8. The van der Waals surface area contributed by atoms with Crippen molar-refractivity contribution in [3.63, 3.8) is 0 Å². The molecule has 0 unspecified atom stereocenters. The Morgan fingerprint density at radius 2 is 2.26 bits per heavy atom. The Morgan fingerprint density at radius 1 is 1.48 bits per heavy atom. The van der Waals surface area contributed by atoms with Crippen molar-refractivity contribution in [1.29, 1.82) is 0 Å². The standard InChI is InChI=1S/C16H17N3O4/c1-15-6-16(7-15,8-22-15)19-5-9-4-11(14(20)21)13(17-12(9)18-19)23-10-2-3-10/h4-5,10H,2-3,6-8H2,1H3,(H,20,21). The van der Waals surface area contributed by atoms with Crippen LogP contribution in [0.2, 0.25) is 0 Å². The normalized spacial score (nSPS) is 32.0. The number of aromatic nitrogens is 3. The molecule has 0 radical (unpaired) electrons. The first-order valence-corrected chi connectivity index (χ1v) is 7.91. The molecule has 2 saturated heterocycles. The molecule has 23 heavy (non-hydrogen) atoms. The van der Waals surface area contributed by atoms with Gasteiger partial charge in [0.05, 0.1) is 17.7 Å². The molecule has 1 N–H and O–H groups in total. The highest BCUT2D eigenvalue weighted by Gasteiger charge is 2.61. The van der Waals surface area contributed by atoms with E-state index in [0.717, 1.165) is 31.1 Å². The molecule has 0 amide bonds. The predicted octanol–water partition coefficient (Wildman–Crippen LogP) is 1.95. The molecule has 2 aliphatic carbocycles. The van der Waals surface area contributed by atoms with Crippen LogP contribution in [0.5, 0.6) is 5.88 Å². The third-order valence-corrected chi connectivity index (χ3v) is 5.07. The topological polar surface area (TPSA) is 86.5 Å². The third kappa shape index (κ3) is 1.89. The second-order valence-electron chi connectivity index (χ2n) is 7.27. The molecular formula is C16H17N3O4. The first-order valence-electron chi connectivity index (χ1n) is 7.91. The predicted molar refractivity (Wildman–Crippen MR) is 79.7 cm³/mol. The van der Waals surface area contributed by atoms with Crippen LogP contribution in [0.3, 0.4) is 0 Å². The minimum atomic E-state index is -1.03. The molecule has 7 nitrogen and oxygen atoms in total. The van der Waals surface area contributed by atoms with Crippen molar-refractivity contribution in [3.8, 4) is 5.88 Å². The van der Waals surface area contributed by atoms with Gasteiger partial charge in [-0.1, -0.05) is 0 Å². The van der Waals surface area contributed by atoms with Gasteiger partial charge < -0.3 is 14.6 Å². The van der Waals surface area contributed by atoms with Crippen LogP contribution in [-0.2, 0) is 10.3 Å². The maximum absolute atomic E-state index is 11.5. The fraction of sp³-hybridized carbons (Fsp3) is 0.562. The molecule has 2 aromatic rings. The Morgan fingerprint density at radius 3 is 2.87 bits per heavy atom. The van der Waals surface area contributed by atoms with Crippen molar-refractivity contribution < 1.29 is 19.4 Å². The van der Waals surface area contributed by atoms with E-state index in [2.05, 4.69) is 17.0 Å². The molecular weight excluding hydrogens is 298 g/mol. The number of carbonyl (C=O) groups is 1. The molecule has 0 spiro atoms. The summed E-state index contributed by atoms with van der Waals surface area (Å²) < 4.78 is 13.4. The lowest BCUT2D eigenvalue weighted by Crippen LogP contribution is -2.49. The van der Waals surface area contributed by atoms with Gasteiger partial charge in [0.15, 0.2) is 5.65 Å². The highest BCUT2D eigenvalue weighted by Crippen LogP contribution is 2.55. The lowest BCUT2D eigenvalue weighted by Gasteiger charge is -2.42. The van der Waals surface area contributed by atoms with Crippen LogP contribution in [0.4, 0.5) is 0 Å². The number of hydrogen-bond acceptors (Lipinski definition) is 5. The average Bonchev–Trinajstić information content (AvgIpc) is 2.93. The van der Waals surface area contributed by atoms with Gasteiger partial charge in [0.1, 0.15) is 11.7 Å². The van der Waals surface area contributed by atoms with Crippen LogP contribution < -0.4 is 4.74 Å². The van der Waals surface area contributed by atoms with Gasteiger partial charge in [-0.15, -0.1) is 0 Å². The first-order chi connectivity index (χ1) is 11.0. The minimum absolute atomic E-state index is 0.0297. The SMILES string of the molecule is CC12CC(n3cc4cc(C(=O)O)c(OC5CC5)nc4n3)(CO1)C2. The fourth-order valence-electron chi connectivity index (χ4n) is 3.85. The summed E-state index contributed by atoms with van der Waals surface area (Å²) in [7, 11) is 0. The summed E-state index contributed by atoms with van der Waals surface area (Å²) in [6, 6.07) is 1.61. The van der Waals surface area contributed by atoms with E-state index in [1.165, 1.54) is 0 Å². The molecule has 7 heteroatoms. The van der Waals surface area contributed by atoms with Crippen molar-refractivity contribution in [1.82, 2.24) is 14.8 Å². The Balaban J connectivity index is 1.58. The lowest BCUT2D eigenvalue weighted by molar-refractivity contribution is 0.00381. The van der Waals surface area contributed by atoms with Gasteiger partial charge in [0, 0.05) is 24.4 Å². The molecule has 4 fully saturated rings. The van der Waals surface area contributed by atoms with E-state index >= 15 is 0 Å². The summed E-state index contributed by atoms with van der Waals surface area (Å²) in [5, 5.41) is 14.7. The van der Waals surface area contributed by atoms with Crippen LogP contribution >= 0.6 is 0 Å². The van der Waals surface area contributed by atoms with Crippen molar-refractivity contribution in [2.24, 2.45) is 0 Å². The summed E-state index contributed by atoms with van der Waals surface area (Å²) in [6.45, 7) is 2.76. The molecule has 2 bridgehead atoms. The molecule has 2 aromatic heterocycles. The zero-order valence-corrected chi connectivity index (χ0v) is 12.8. The lowest BCUT2D eigenvalue weighted by atomic mass is 9.69. The maximum Gasteiger partial charge on any atom is 0.341 e. The number of rotatable bonds is 4. The molecule has 2 saturated carbocycles. The zero-order chi connectivity index (χ0) is 15.8. The summed E-state index contributed by atoms with van der Waals surface area (Å²) in [5.74, 6) is -0.849. The number of carboxylic acid groups (broad SMARTS) is 1. The van der Waals surface area contributed by atoms with Gasteiger partial charge in [-0.25, -0.2) is 4.79 Å². The Kier molecular flexibility index (Phi) is 2.33. The molecule has 0 atom stereocenters. The van der Waals surface area contributed by atoms with Crippen molar-refractivity contribution in [2.75, 3.05) is 6.61 Å². The van der Waals surface area contributed by atoms with E-state index in [0.29, 0.717) is 12.3 Å². The second-order valence-corrected chi connectivity index (χ2v) is 7.27. The second kappa shape index (κ2) is 4.03. The fourth-order valence-corrected chi connectivity index (χ4v) is 3.85. The molecule has 4 aliphatic rings. The molecule has 2 aliphatic heterocycles. The number of fused-ring (bicyclic) bond motifs is 2. The average molecular weight is 315 g/mol. The molecule has 0 aromatic carbocycles. The molecule has 120 valence electrons. The van der Waals surface area contributed by atoms with Crippen molar-refractivity contribution >= 4 is 17.0 Å². The van der Waals surface area contributed by atoms with Crippen LogP contribution in [0.1, 0.15) is 43.0 Å². The van der Waals surface area contributed by atoms with Gasteiger partial charge >= 0.3 is 5.97 Å². The summed E-state index contributed by atoms with van der Waals surface area (Å²) in [5.41, 5.74) is 0.497. The molecule has 4 heterocycles. The van der Waals surface area contributed by atoms with Crippen LogP contribution in [0, 0.1) is 0 Å². The maximum atomic E-state index is 11.5. The Labute approximate surface area is 132 Å². The van der Waals surface area contributed by atoms with E-state index in [-0.39, 0.29) is 28.7 Å². The monoisotopic (exact) mass is 315 g/mol. The zero-order valence-electron chi connectivity index (χ0n) is 12.8. The third-order valence-electron chi connectivity index (χ3n) is 5.07. The molecule has 6 rings (SSSR count). The van der Waals surface area contributed by atoms with Crippen LogP contribution in [0.15, 0.2) is 12.3 Å². The van der Waals surface area contributed by atoms with Gasteiger partial charge in [-0.05, 0) is 25.8 Å². The number of aromatic carboxylic acids is 1. The summed E-state index contributed by atoms with van der Waals surface area (Å²) >= 11 is 0. The number of nitrogens with zero attached hydrogens (tertiary/aromatic N) is 3. The number of pyridine rings is 1. The Hall–Kier alpha value is -2.15. The minimum Gasteiger partial charge on any atom is -0.477 e. The number of ether oxygens (including phenoxy) is 2. The Bertz CT molecular complexity index is 833. The largest absolute Gasteiger partial charge is 0.477 e.